The summed E-state index contributed by atoms with van der Waals surface area (Å²) in [5, 5.41) is 13.9. The van der Waals surface area contributed by atoms with Gasteiger partial charge in [0.1, 0.15) is 12.4 Å². The molecule has 6 nitrogen and oxygen atoms in total. The Morgan fingerprint density at radius 2 is 2.21 bits per heavy atom. The number of nitro groups is 1. The van der Waals surface area contributed by atoms with Gasteiger partial charge in [0.15, 0.2) is 0 Å². The fourth-order valence-electron chi connectivity index (χ4n) is 2.16. The number of non-ortho nitro benzene ring substituents is 1. The monoisotopic (exact) mass is 265 g/mol. The van der Waals surface area contributed by atoms with Crippen molar-refractivity contribution in [1.29, 1.82) is 0 Å². The second-order valence-corrected chi connectivity index (χ2v) is 4.69. The molecule has 0 aromatic heterocycles. The van der Waals surface area contributed by atoms with E-state index in [4.69, 9.17) is 4.74 Å². The molecule has 1 atom stereocenters. The molecule has 0 aliphatic carbocycles. The average Bonchev–Trinajstić information content (AvgIpc) is 2.41. The molecule has 2 rings (SSSR count). The Kier molecular flexibility index (Phi) is 4.70. The molecule has 0 bridgehead atoms. The van der Waals surface area contributed by atoms with E-state index in [1.807, 2.05) is 0 Å². The van der Waals surface area contributed by atoms with E-state index in [0.717, 1.165) is 26.2 Å². The Morgan fingerprint density at radius 3 is 2.84 bits per heavy atom. The third-order valence-corrected chi connectivity index (χ3v) is 3.33. The van der Waals surface area contributed by atoms with E-state index in [0.29, 0.717) is 18.4 Å². The number of piperazine rings is 1. The number of ether oxygens (including phenoxy) is 1. The molecule has 6 heteroatoms. The highest BCUT2D eigenvalue weighted by Crippen LogP contribution is 2.17. The maximum absolute atomic E-state index is 10.5. The molecule has 1 N–H and O–H groups in total. The van der Waals surface area contributed by atoms with Gasteiger partial charge in [0.05, 0.1) is 4.92 Å². The molecule has 1 heterocycles. The number of benzene rings is 1. The van der Waals surface area contributed by atoms with Crippen LogP contribution < -0.4 is 10.1 Å². The molecule has 0 spiro atoms. The lowest BCUT2D eigenvalue weighted by Gasteiger charge is -2.33. The minimum absolute atomic E-state index is 0.0862. The van der Waals surface area contributed by atoms with Gasteiger partial charge in [-0.15, -0.1) is 0 Å². The number of nitro benzene ring substituents is 1. The summed E-state index contributed by atoms with van der Waals surface area (Å²) >= 11 is 0. The van der Waals surface area contributed by atoms with Crippen molar-refractivity contribution >= 4 is 5.69 Å². The van der Waals surface area contributed by atoms with Crippen molar-refractivity contribution < 1.29 is 9.66 Å². The van der Waals surface area contributed by atoms with Crippen LogP contribution in [0.4, 0.5) is 5.69 Å². The molecule has 1 aliphatic heterocycles. The van der Waals surface area contributed by atoms with Crippen molar-refractivity contribution in [2.45, 2.75) is 13.0 Å². The molecule has 0 unspecified atom stereocenters. The topological polar surface area (TPSA) is 67.6 Å². The van der Waals surface area contributed by atoms with Crippen molar-refractivity contribution in [2.24, 2.45) is 0 Å². The minimum atomic E-state index is -0.411. The Bertz CT molecular complexity index is 422. The van der Waals surface area contributed by atoms with E-state index in [1.54, 1.807) is 12.1 Å². The van der Waals surface area contributed by atoms with E-state index < -0.39 is 4.92 Å². The Hall–Kier alpha value is -1.66. The van der Waals surface area contributed by atoms with Crippen molar-refractivity contribution in [3.8, 4) is 5.75 Å². The quantitative estimate of drug-likeness (QED) is 0.641. The van der Waals surface area contributed by atoms with Gasteiger partial charge in [-0.25, -0.2) is 0 Å². The predicted molar refractivity (Wildman–Crippen MR) is 72.5 cm³/mol. The number of hydrogen-bond acceptors (Lipinski definition) is 5. The van der Waals surface area contributed by atoms with Crippen LogP contribution in [-0.2, 0) is 0 Å². The summed E-state index contributed by atoms with van der Waals surface area (Å²) in [6.45, 7) is 6.73. The van der Waals surface area contributed by atoms with Gasteiger partial charge < -0.3 is 10.1 Å². The van der Waals surface area contributed by atoms with Crippen molar-refractivity contribution in [3.05, 3.63) is 34.4 Å². The molecule has 1 saturated heterocycles. The zero-order valence-electron chi connectivity index (χ0n) is 11.0. The van der Waals surface area contributed by atoms with Crippen LogP contribution in [-0.4, -0.2) is 48.7 Å². The van der Waals surface area contributed by atoms with Crippen LogP contribution in [0.25, 0.3) is 0 Å². The van der Waals surface area contributed by atoms with Crippen molar-refractivity contribution in [1.82, 2.24) is 10.2 Å². The molecular formula is C13H19N3O3. The lowest BCUT2D eigenvalue weighted by molar-refractivity contribution is -0.384. The second kappa shape index (κ2) is 6.49. The van der Waals surface area contributed by atoms with Crippen LogP contribution in [0, 0.1) is 10.1 Å². The number of nitrogens with zero attached hydrogens (tertiary/aromatic N) is 2. The highest BCUT2D eigenvalue weighted by Gasteiger charge is 2.17. The summed E-state index contributed by atoms with van der Waals surface area (Å²) < 4.78 is 5.61. The summed E-state index contributed by atoms with van der Waals surface area (Å²) in [5.41, 5.74) is 0.0862. The Balaban J connectivity index is 1.77. The number of rotatable bonds is 5. The minimum Gasteiger partial charge on any atom is -0.492 e. The maximum Gasteiger partial charge on any atom is 0.269 e. The predicted octanol–water partition coefficient (Wildman–Crippen LogP) is 1.27. The van der Waals surface area contributed by atoms with Crippen molar-refractivity contribution in [3.63, 3.8) is 0 Å². The van der Waals surface area contributed by atoms with Crippen LogP contribution in [0.3, 0.4) is 0 Å². The van der Waals surface area contributed by atoms with Crippen LogP contribution in [0.5, 0.6) is 5.75 Å². The number of hydrogen-bond donors (Lipinski definition) is 1. The average molecular weight is 265 g/mol. The molecule has 104 valence electrons. The second-order valence-electron chi connectivity index (χ2n) is 4.69. The Labute approximate surface area is 112 Å². The van der Waals surface area contributed by atoms with Gasteiger partial charge in [0.25, 0.3) is 5.69 Å². The summed E-state index contributed by atoms with van der Waals surface area (Å²) in [4.78, 5) is 12.5. The highest BCUT2D eigenvalue weighted by atomic mass is 16.6. The molecule has 1 aliphatic rings. The van der Waals surface area contributed by atoms with Gasteiger partial charge in [0, 0.05) is 44.4 Å². The first-order valence-corrected chi connectivity index (χ1v) is 6.49. The zero-order chi connectivity index (χ0) is 13.7. The molecule has 0 saturated carbocycles. The SMILES string of the molecule is C[C@@H]1CNCCN1CCOc1ccc([N+](=O)[O-])cc1. The zero-order valence-corrected chi connectivity index (χ0v) is 11.0. The van der Waals surface area contributed by atoms with E-state index in [-0.39, 0.29) is 5.69 Å². The van der Waals surface area contributed by atoms with E-state index in [9.17, 15) is 10.1 Å². The standard InChI is InChI=1S/C13H19N3O3/c1-11-10-14-6-7-15(11)8-9-19-13-4-2-12(3-5-13)16(17)18/h2-5,11,14H,6-10H2,1H3/t11-/m1/s1. The smallest absolute Gasteiger partial charge is 0.269 e. The third kappa shape index (κ3) is 3.90. The van der Waals surface area contributed by atoms with E-state index in [1.165, 1.54) is 12.1 Å². The fourth-order valence-corrected chi connectivity index (χ4v) is 2.16. The van der Waals surface area contributed by atoms with Gasteiger partial charge in [-0.1, -0.05) is 0 Å². The first-order chi connectivity index (χ1) is 9.16. The molecule has 1 aromatic carbocycles. The van der Waals surface area contributed by atoms with Crippen LogP contribution in [0.2, 0.25) is 0 Å². The van der Waals surface area contributed by atoms with Gasteiger partial charge >= 0.3 is 0 Å². The van der Waals surface area contributed by atoms with Gasteiger partial charge in [-0.05, 0) is 19.1 Å². The fraction of sp³-hybridized carbons (Fsp3) is 0.538. The summed E-state index contributed by atoms with van der Waals surface area (Å²) in [6.07, 6.45) is 0. The molecular weight excluding hydrogens is 246 g/mol. The summed E-state index contributed by atoms with van der Waals surface area (Å²) in [7, 11) is 0. The van der Waals surface area contributed by atoms with Crippen LogP contribution >= 0.6 is 0 Å². The molecule has 0 amide bonds. The van der Waals surface area contributed by atoms with Crippen molar-refractivity contribution in [2.75, 3.05) is 32.8 Å². The molecule has 0 radical (unpaired) electrons. The third-order valence-electron chi connectivity index (χ3n) is 3.33. The molecule has 1 fully saturated rings. The van der Waals surface area contributed by atoms with Gasteiger partial charge in [-0.2, -0.15) is 0 Å². The van der Waals surface area contributed by atoms with Crippen LogP contribution in [0.15, 0.2) is 24.3 Å². The lowest BCUT2D eigenvalue weighted by atomic mass is 10.2. The molecule has 19 heavy (non-hydrogen) atoms. The first kappa shape index (κ1) is 13.8. The lowest BCUT2D eigenvalue weighted by Crippen LogP contribution is -2.50. The normalized spacial score (nSPS) is 20.2. The van der Waals surface area contributed by atoms with Crippen LogP contribution in [0.1, 0.15) is 6.92 Å². The maximum atomic E-state index is 10.5. The van der Waals surface area contributed by atoms with E-state index >= 15 is 0 Å². The largest absolute Gasteiger partial charge is 0.492 e. The van der Waals surface area contributed by atoms with Gasteiger partial charge in [0.2, 0.25) is 0 Å². The summed E-state index contributed by atoms with van der Waals surface area (Å²) in [6, 6.07) is 6.72. The molecule has 1 aromatic rings. The highest BCUT2D eigenvalue weighted by molar-refractivity contribution is 5.35. The number of nitrogens with one attached hydrogen (secondary N) is 1. The summed E-state index contributed by atoms with van der Waals surface area (Å²) in [5.74, 6) is 0.674. The Morgan fingerprint density at radius 1 is 1.47 bits per heavy atom. The first-order valence-electron chi connectivity index (χ1n) is 6.49. The van der Waals surface area contributed by atoms with E-state index in [2.05, 4.69) is 17.1 Å². The van der Waals surface area contributed by atoms with Gasteiger partial charge in [-0.3, -0.25) is 15.0 Å².